The molecule has 18 heavy (non-hydrogen) atoms. The first-order valence-electron chi connectivity index (χ1n) is 6.08. The lowest BCUT2D eigenvalue weighted by molar-refractivity contribution is 0.568. The Morgan fingerprint density at radius 3 is 2.39 bits per heavy atom. The Kier molecular flexibility index (Phi) is 4.30. The summed E-state index contributed by atoms with van der Waals surface area (Å²) in [5.74, 6) is 0.754. The van der Waals surface area contributed by atoms with Crippen LogP contribution in [0.2, 0.25) is 0 Å². The minimum absolute atomic E-state index is 0.0493. The average Bonchev–Trinajstić information content (AvgIpc) is 2.42. The standard InChI is InChI=1S/C13H17N5/c1-3-4-16-12(11-7-14-9-15-8-11)13-17-5-10(2)6-18-13/h5-9,12,16H,3-4H2,1-2H3. The van der Waals surface area contributed by atoms with Crippen molar-refractivity contribution in [3.05, 3.63) is 48.1 Å². The number of nitrogens with zero attached hydrogens (tertiary/aromatic N) is 4. The minimum Gasteiger partial charge on any atom is -0.304 e. The summed E-state index contributed by atoms with van der Waals surface area (Å²) in [6.45, 7) is 5.00. The molecule has 1 unspecified atom stereocenters. The van der Waals surface area contributed by atoms with Crippen molar-refractivity contribution in [1.82, 2.24) is 25.3 Å². The van der Waals surface area contributed by atoms with Gasteiger partial charge in [-0.15, -0.1) is 0 Å². The Morgan fingerprint density at radius 1 is 1.11 bits per heavy atom. The molecule has 2 aromatic heterocycles. The van der Waals surface area contributed by atoms with Crippen molar-refractivity contribution in [2.75, 3.05) is 6.54 Å². The smallest absolute Gasteiger partial charge is 0.149 e. The zero-order chi connectivity index (χ0) is 12.8. The second-order valence-corrected chi connectivity index (χ2v) is 4.18. The van der Waals surface area contributed by atoms with Gasteiger partial charge < -0.3 is 5.32 Å². The number of hydrogen-bond acceptors (Lipinski definition) is 5. The number of hydrogen-bond donors (Lipinski definition) is 1. The lowest BCUT2D eigenvalue weighted by atomic mass is 10.1. The Bertz CT molecular complexity index is 469. The van der Waals surface area contributed by atoms with Crippen LogP contribution in [-0.2, 0) is 0 Å². The Balaban J connectivity index is 2.27. The summed E-state index contributed by atoms with van der Waals surface area (Å²) in [6.07, 6.45) is 9.82. The lowest BCUT2D eigenvalue weighted by Crippen LogP contribution is -2.25. The Labute approximate surface area is 107 Å². The van der Waals surface area contributed by atoms with Gasteiger partial charge in [-0.3, -0.25) is 0 Å². The molecule has 0 bridgehead atoms. The molecule has 1 N–H and O–H groups in total. The molecule has 0 aromatic carbocycles. The second-order valence-electron chi connectivity index (χ2n) is 4.18. The van der Waals surface area contributed by atoms with E-state index in [0.717, 1.165) is 29.9 Å². The van der Waals surface area contributed by atoms with Crippen molar-refractivity contribution in [3.63, 3.8) is 0 Å². The minimum atomic E-state index is -0.0493. The fourth-order valence-corrected chi connectivity index (χ4v) is 1.66. The van der Waals surface area contributed by atoms with Gasteiger partial charge in [0.25, 0.3) is 0 Å². The van der Waals surface area contributed by atoms with Gasteiger partial charge >= 0.3 is 0 Å². The highest BCUT2D eigenvalue weighted by molar-refractivity contribution is 5.19. The van der Waals surface area contributed by atoms with Gasteiger partial charge in [-0.1, -0.05) is 6.92 Å². The van der Waals surface area contributed by atoms with Crippen LogP contribution in [0.25, 0.3) is 0 Å². The maximum absolute atomic E-state index is 4.38. The molecule has 0 radical (unpaired) electrons. The van der Waals surface area contributed by atoms with Crippen LogP contribution in [-0.4, -0.2) is 26.5 Å². The summed E-state index contributed by atoms with van der Waals surface area (Å²) in [7, 11) is 0. The largest absolute Gasteiger partial charge is 0.304 e. The van der Waals surface area contributed by atoms with Gasteiger partial charge in [-0.05, 0) is 25.5 Å². The molecule has 94 valence electrons. The summed E-state index contributed by atoms with van der Waals surface area (Å²) in [5, 5.41) is 3.42. The van der Waals surface area contributed by atoms with Gasteiger partial charge in [-0.25, -0.2) is 19.9 Å². The summed E-state index contributed by atoms with van der Waals surface area (Å²) < 4.78 is 0. The molecule has 0 aliphatic rings. The first-order chi connectivity index (χ1) is 8.81. The molecule has 0 amide bonds. The van der Waals surface area contributed by atoms with E-state index in [9.17, 15) is 0 Å². The second kappa shape index (κ2) is 6.16. The van der Waals surface area contributed by atoms with Crippen LogP contribution in [0, 0.1) is 6.92 Å². The highest BCUT2D eigenvalue weighted by atomic mass is 15.0. The van der Waals surface area contributed by atoms with E-state index in [0.29, 0.717) is 0 Å². The average molecular weight is 243 g/mol. The van der Waals surface area contributed by atoms with Crippen molar-refractivity contribution in [2.45, 2.75) is 26.3 Å². The quantitative estimate of drug-likeness (QED) is 0.865. The van der Waals surface area contributed by atoms with Crippen LogP contribution in [0.5, 0.6) is 0 Å². The summed E-state index contributed by atoms with van der Waals surface area (Å²) >= 11 is 0. The number of aryl methyl sites for hydroxylation is 1. The fraction of sp³-hybridized carbons (Fsp3) is 0.385. The maximum Gasteiger partial charge on any atom is 0.149 e. The lowest BCUT2D eigenvalue weighted by Gasteiger charge is -2.16. The molecular formula is C13H17N5. The summed E-state index contributed by atoms with van der Waals surface area (Å²) in [6, 6.07) is -0.0493. The SMILES string of the molecule is CCCNC(c1cncnc1)c1ncc(C)cn1. The molecule has 5 heteroatoms. The molecule has 0 saturated heterocycles. The third-order valence-corrected chi connectivity index (χ3v) is 2.57. The van der Waals surface area contributed by atoms with Crippen LogP contribution in [0.3, 0.4) is 0 Å². The van der Waals surface area contributed by atoms with E-state index in [2.05, 4.69) is 32.2 Å². The van der Waals surface area contributed by atoms with E-state index in [1.54, 1.807) is 12.4 Å². The molecule has 5 nitrogen and oxygen atoms in total. The van der Waals surface area contributed by atoms with E-state index in [4.69, 9.17) is 0 Å². The number of aromatic nitrogens is 4. The highest BCUT2D eigenvalue weighted by Crippen LogP contribution is 2.16. The van der Waals surface area contributed by atoms with Gasteiger partial charge in [0.1, 0.15) is 12.2 Å². The zero-order valence-electron chi connectivity index (χ0n) is 10.7. The number of rotatable bonds is 5. The van der Waals surface area contributed by atoms with Gasteiger partial charge in [0.2, 0.25) is 0 Å². The van der Waals surface area contributed by atoms with Crippen molar-refractivity contribution >= 4 is 0 Å². The molecule has 0 saturated carbocycles. The van der Waals surface area contributed by atoms with E-state index in [1.807, 2.05) is 19.3 Å². The van der Waals surface area contributed by atoms with E-state index in [1.165, 1.54) is 6.33 Å². The van der Waals surface area contributed by atoms with Crippen molar-refractivity contribution in [2.24, 2.45) is 0 Å². The van der Waals surface area contributed by atoms with Gasteiger partial charge in [0.05, 0.1) is 6.04 Å². The maximum atomic E-state index is 4.38. The molecule has 2 aromatic rings. The summed E-state index contributed by atoms with van der Waals surface area (Å²) in [4.78, 5) is 16.9. The van der Waals surface area contributed by atoms with Crippen molar-refractivity contribution in [3.8, 4) is 0 Å². The van der Waals surface area contributed by atoms with E-state index < -0.39 is 0 Å². The predicted molar refractivity (Wildman–Crippen MR) is 68.9 cm³/mol. The van der Waals surface area contributed by atoms with Crippen molar-refractivity contribution < 1.29 is 0 Å². The van der Waals surface area contributed by atoms with Gasteiger partial charge in [0.15, 0.2) is 0 Å². The first kappa shape index (κ1) is 12.6. The monoisotopic (exact) mass is 243 g/mol. The third-order valence-electron chi connectivity index (χ3n) is 2.57. The predicted octanol–water partition coefficient (Wildman–Crippen LogP) is 1.66. The molecule has 1 atom stereocenters. The molecule has 0 aliphatic heterocycles. The van der Waals surface area contributed by atoms with Crippen LogP contribution < -0.4 is 5.32 Å². The van der Waals surface area contributed by atoms with Gasteiger partial charge in [-0.2, -0.15) is 0 Å². The molecule has 0 spiro atoms. The highest BCUT2D eigenvalue weighted by Gasteiger charge is 2.16. The Morgan fingerprint density at radius 2 is 1.78 bits per heavy atom. The fourth-order valence-electron chi connectivity index (χ4n) is 1.66. The van der Waals surface area contributed by atoms with E-state index >= 15 is 0 Å². The first-order valence-corrected chi connectivity index (χ1v) is 6.08. The van der Waals surface area contributed by atoms with Gasteiger partial charge in [0, 0.05) is 30.4 Å². The van der Waals surface area contributed by atoms with Crippen LogP contribution in [0.15, 0.2) is 31.1 Å². The van der Waals surface area contributed by atoms with E-state index in [-0.39, 0.29) is 6.04 Å². The normalized spacial score (nSPS) is 12.3. The van der Waals surface area contributed by atoms with Crippen LogP contribution >= 0.6 is 0 Å². The molecule has 0 fully saturated rings. The Hall–Kier alpha value is -1.88. The molecular weight excluding hydrogens is 226 g/mol. The molecule has 0 aliphatic carbocycles. The topological polar surface area (TPSA) is 63.6 Å². The third kappa shape index (κ3) is 3.07. The molecule has 2 heterocycles. The zero-order valence-corrected chi connectivity index (χ0v) is 10.7. The molecule has 2 rings (SSSR count). The van der Waals surface area contributed by atoms with Crippen LogP contribution in [0.1, 0.15) is 36.3 Å². The van der Waals surface area contributed by atoms with Crippen molar-refractivity contribution in [1.29, 1.82) is 0 Å². The van der Waals surface area contributed by atoms with Crippen LogP contribution in [0.4, 0.5) is 0 Å². The summed E-state index contributed by atoms with van der Waals surface area (Å²) in [5.41, 5.74) is 2.03. The number of nitrogens with one attached hydrogen (secondary N) is 1.